The molecule has 0 unspecified atom stereocenters. The van der Waals surface area contributed by atoms with E-state index in [0.29, 0.717) is 11.3 Å². The Balaban J connectivity index is 1.46. The normalized spacial score (nSPS) is 10.9. The van der Waals surface area contributed by atoms with Gasteiger partial charge in [-0.2, -0.15) is 5.10 Å². The molecule has 3 N–H and O–H groups in total. The Morgan fingerprint density at radius 3 is 2.79 bits per heavy atom. The molecule has 0 aliphatic carbocycles. The maximum absolute atomic E-state index is 13.6. The summed E-state index contributed by atoms with van der Waals surface area (Å²) in [5, 5.41) is 13.1. The highest BCUT2D eigenvalue weighted by molar-refractivity contribution is 5.95. The molecular weight excluding hydrogens is 378 g/mol. The van der Waals surface area contributed by atoms with Crippen LogP contribution >= 0.6 is 0 Å². The summed E-state index contributed by atoms with van der Waals surface area (Å²) < 4.78 is 26.6. The van der Waals surface area contributed by atoms with Crippen LogP contribution in [0.5, 0.6) is 0 Å². The fraction of sp³-hybridized carbons (Fsp3) is 0.100. The Morgan fingerprint density at radius 1 is 1.14 bits per heavy atom. The maximum Gasteiger partial charge on any atom is 0.320 e. The summed E-state index contributed by atoms with van der Waals surface area (Å²) in [5.41, 5.74) is 3.39. The molecule has 0 aliphatic rings. The average Bonchev–Trinajstić information content (AvgIpc) is 3.10. The van der Waals surface area contributed by atoms with Gasteiger partial charge in [0.2, 0.25) is 0 Å². The Labute approximate surface area is 164 Å². The molecule has 0 fully saturated rings. The number of hydrogen-bond donors (Lipinski definition) is 3. The highest BCUT2D eigenvalue weighted by atomic mass is 19.1. The van der Waals surface area contributed by atoms with E-state index in [-0.39, 0.29) is 12.1 Å². The molecule has 9 heteroatoms. The van der Waals surface area contributed by atoms with Gasteiger partial charge in [0.25, 0.3) is 0 Å². The Hall–Kier alpha value is -3.88. The van der Waals surface area contributed by atoms with Gasteiger partial charge < -0.3 is 5.32 Å². The smallest absolute Gasteiger partial charge is 0.320 e. The zero-order valence-corrected chi connectivity index (χ0v) is 15.3. The Kier molecular flexibility index (Phi) is 4.86. The first-order valence-corrected chi connectivity index (χ1v) is 8.75. The van der Waals surface area contributed by atoms with Crippen LogP contribution in [0, 0.1) is 18.6 Å². The number of aryl methyl sites for hydroxylation is 1. The molecule has 3 heterocycles. The van der Waals surface area contributed by atoms with Gasteiger partial charge in [0, 0.05) is 53.3 Å². The number of fused-ring (bicyclic) bond motifs is 1. The molecular formula is C20H16F2N6O. The molecule has 0 radical (unpaired) electrons. The molecule has 0 spiro atoms. The van der Waals surface area contributed by atoms with E-state index in [4.69, 9.17) is 0 Å². The standard InChI is InChI=1S/C20H16F2N6O/c1-11-6-12(4-5-23-11)19-15-10-24-18(8-17(15)27-28-19)26-20(29)25-9-13-2-3-14(21)7-16(13)22/h2-8,10H,9H2,1H3,(H,27,28)(H2,24,25,26,29). The second-order valence-corrected chi connectivity index (χ2v) is 6.42. The number of halogens is 2. The minimum absolute atomic E-state index is 0.0875. The zero-order chi connectivity index (χ0) is 20.4. The van der Waals surface area contributed by atoms with Gasteiger partial charge in [0.1, 0.15) is 23.1 Å². The van der Waals surface area contributed by atoms with E-state index in [1.54, 1.807) is 18.5 Å². The number of nitrogens with zero attached hydrogens (tertiary/aromatic N) is 3. The van der Waals surface area contributed by atoms with Crippen molar-refractivity contribution in [3.05, 3.63) is 71.7 Å². The van der Waals surface area contributed by atoms with E-state index in [2.05, 4.69) is 30.8 Å². The van der Waals surface area contributed by atoms with E-state index in [9.17, 15) is 13.6 Å². The third-order valence-electron chi connectivity index (χ3n) is 4.31. The summed E-state index contributed by atoms with van der Waals surface area (Å²) in [6.07, 6.45) is 3.32. The molecule has 29 heavy (non-hydrogen) atoms. The van der Waals surface area contributed by atoms with Crippen molar-refractivity contribution in [1.82, 2.24) is 25.5 Å². The van der Waals surface area contributed by atoms with E-state index in [1.165, 1.54) is 6.07 Å². The summed E-state index contributed by atoms with van der Waals surface area (Å²) >= 11 is 0. The van der Waals surface area contributed by atoms with Crippen LogP contribution in [0.15, 0.2) is 48.8 Å². The lowest BCUT2D eigenvalue weighted by Crippen LogP contribution is -2.28. The minimum Gasteiger partial charge on any atom is -0.334 e. The van der Waals surface area contributed by atoms with Crippen molar-refractivity contribution in [1.29, 1.82) is 0 Å². The van der Waals surface area contributed by atoms with Crippen LogP contribution in [-0.2, 0) is 6.54 Å². The van der Waals surface area contributed by atoms with E-state index in [0.717, 1.165) is 34.5 Å². The zero-order valence-electron chi connectivity index (χ0n) is 15.3. The van der Waals surface area contributed by atoms with Gasteiger partial charge in [-0.15, -0.1) is 0 Å². The van der Waals surface area contributed by atoms with Gasteiger partial charge in [-0.1, -0.05) is 6.07 Å². The number of amides is 2. The lowest BCUT2D eigenvalue weighted by atomic mass is 10.1. The fourth-order valence-electron chi connectivity index (χ4n) is 2.90. The summed E-state index contributed by atoms with van der Waals surface area (Å²) in [6, 6.07) is 8.05. The second-order valence-electron chi connectivity index (χ2n) is 6.42. The monoisotopic (exact) mass is 394 g/mol. The maximum atomic E-state index is 13.6. The summed E-state index contributed by atoms with van der Waals surface area (Å²) in [5.74, 6) is -1.09. The van der Waals surface area contributed by atoms with Gasteiger partial charge in [-0.3, -0.25) is 15.4 Å². The average molecular weight is 394 g/mol. The van der Waals surface area contributed by atoms with Crippen LogP contribution in [0.3, 0.4) is 0 Å². The van der Waals surface area contributed by atoms with E-state index >= 15 is 0 Å². The predicted octanol–water partition coefficient (Wildman–Crippen LogP) is 3.93. The van der Waals surface area contributed by atoms with Crippen LogP contribution in [0.1, 0.15) is 11.3 Å². The van der Waals surface area contributed by atoms with Crippen molar-refractivity contribution >= 4 is 22.8 Å². The number of carbonyl (C=O) groups is 1. The van der Waals surface area contributed by atoms with Crippen molar-refractivity contribution in [2.45, 2.75) is 13.5 Å². The largest absolute Gasteiger partial charge is 0.334 e. The van der Waals surface area contributed by atoms with Crippen LogP contribution in [0.2, 0.25) is 0 Å². The van der Waals surface area contributed by atoms with Crippen LogP contribution < -0.4 is 10.6 Å². The number of rotatable bonds is 4. The number of anilines is 1. The van der Waals surface area contributed by atoms with Gasteiger partial charge in [0.05, 0.1) is 5.52 Å². The summed E-state index contributed by atoms with van der Waals surface area (Å²) in [7, 11) is 0. The summed E-state index contributed by atoms with van der Waals surface area (Å²) in [4.78, 5) is 20.5. The van der Waals surface area contributed by atoms with Gasteiger partial charge in [0.15, 0.2) is 0 Å². The van der Waals surface area contributed by atoms with Gasteiger partial charge >= 0.3 is 6.03 Å². The SMILES string of the molecule is Cc1cc(-c2n[nH]c3cc(NC(=O)NCc4ccc(F)cc4F)ncc23)ccn1. The van der Waals surface area contributed by atoms with Gasteiger partial charge in [-0.25, -0.2) is 18.6 Å². The minimum atomic E-state index is -0.721. The Bertz CT molecular complexity index is 1210. The number of aromatic nitrogens is 4. The van der Waals surface area contributed by atoms with Crippen molar-refractivity contribution < 1.29 is 13.6 Å². The van der Waals surface area contributed by atoms with Crippen molar-refractivity contribution in [3.8, 4) is 11.3 Å². The molecule has 0 atom stereocenters. The molecule has 3 aromatic heterocycles. The molecule has 0 saturated carbocycles. The van der Waals surface area contributed by atoms with Gasteiger partial charge in [-0.05, 0) is 25.1 Å². The number of pyridine rings is 2. The van der Waals surface area contributed by atoms with Crippen LogP contribution in [0.25, 0.3) is 22.2 Å². The third kappa shape index (κ3) is 4.03. The Morgan fingerprint density at radius 2 is 2.00 bits per heavy atom. The van der Waals surface area contributed by atoms with E-state index < -0.39 is 17.7 Å². The van der Waals surface area contributed by atoms with Crippen molar-refractivity contribution in [2.24, 2.45) is 0 Å². The first-order chi connectivity index (χ1) is 14.0. The number of nitrogens with one attached hydrogen (secondary N) is 3. The molecule has 2 amide bonds. The highest BCUT2D eigenvalue weighted by Crippen LogP contribution is 2.26. The van der Waals surface area contributed by atoms with Crippen molar-refractivity contribution in [2.75, 3.05) is 5.32 Å². The number of benzene rings is 1. The molecule has 7 nitrogen and oxygen atoms in total. The first kappa shape index (κ1) is 18.5. The number of aromatic amines is 1. The molecule has 0 aliphatic heterocycles. The highest BCUT2D eigenvalue weighted by Gasteiger charge is 2.12. The first-order valence-electron chi connectivity index (χ1n) is 8.75. The lowest BCUT2D eigenvalue weighted by molar-refractivity contribution is 0.251. The molecule has 0 saturated heterocycles. The quantitative estimate of drug-likeness (QED) is 0.489. The lowest BCUT2D eigenvalue weighted by Gasteiger charge is -2.08. The van der Waals surface area contributed by atoms with Crippen LogP contribution in [0.4, 0.5) is 19.4 Å². The third-order valence-corrected chi connectivity index (χ3v) is 4.31. The topological polar surface area (TPSA) is 95.6 Å². The van der Waals surface area contributed by atoms with Crippen LogP contribution in [-0.4, -0.2) is 26.2 Å². The summed E-state index contributed by atoms with van der Waals surface area (Å²) in [6.45, 7) is 1.81. The number of hydrogen-bond acceptors (Lipinski definition) is 4. The van der Waals surface area contributed by atoms with E-state index in [1.807, 2.05) is 19.1 Å². The molecule has 146 valence electrons. The molecule has 4 rings (SSSR count). The fourth-order valence-corrected chi connectivity index (χ4v) is 2.90. The molecule has 4 aromatic rings. The number of carbonyl (C=O) groups excluding carboxylic acids is 1. The molecule has 0 bridgehead atoms. The predicted molar refractivity (Wildman–Crippen MR) is 104 cm³/mol. The number of H-pyrrole nitrogens is 1. The van der Waals surface area contributed by atoms with Crippen molar-refractivity contribution in [3.63, 3.8) is 0 Å². The number of urea groups is 1. The second kappa shape index (κ2) is 7.63. The molecule has 1 aromatic carbocycles.